The van der Waals surface area contributed by atoms with Gasteiger partial charge in [0.05, 0.1) is 12.7 Å². The Hall–Kier alpha value is -1.84. The molecule has 2 aromatic carbocycles. The van der Waals surface area contributed by atoms with Crippen LogP contribution in [0.1, 0.15) is 42.9 Å². The molecular formula is C21H27NO2. The average Bonchev–Trinajstić information content (AvgIpc) is 3.14. The van der Waals surface area contributed by atoms with E-state index >= 15 is 0 Å². The fourth-order valence-electron chi connectivity index (χ4n) is 3.49. The van der Waals surface area contributed by atoms with Crippen molar-refractivity contribution in [1.29, 1.82) is 0 Å². The Morgan fingerprint density at radius 3 is 2.25 bits per heavy atom. The topological polar surface area (TPSA) is 32.7 Å². The lowest BCUT2D eigenvalue weighted by molar-refractivity contribution is 0.123. The van der Waals surface area contributed by atoms with Crippen molar-refractivity contribution < 1.29 is 9.84 Å². The van der Waals surface area contributed by atoms with Crippen molar-refractivity contribution in [3.8, 4) is 5.75 Å². The van der Waals surface area contributed by atoms with Crippen LogP contribution < -0.4 is 4.74 Å². The van der Waals surface area contributed by atoms with Crippen molar-refractivity contribution in [3.63, 3.8) is 0 Å². The van der Waals surface area contributed by atoms with Gasteiger partial charge < -0.3 is 14.7 Å². The second-order valence-corrected chi connectivity index (χ2v) is 6.47. The lowest BCUT2D eigenvalue weighted by Crippen LogP contribution is -2.29. The van der Waals surface area contributed by atoms with Crippen LogP contribution in [0.3, 0.4) is 0 Å². The zero-order chi connectivity index (χ0) is 16.8. The smallest absolute Gasteiger partial charge is 0.119 e. The van der Waals surface area contributed by atoms with Gasteiger partial charge in [0.1, 0.15) is 5.75 Å². The summed E-state index contributed by atoms with van der Waals surface area (Å²) in [5, 5.41) is 11.0. The van der Waals surface area contributed by atoms with Crippen LogP contribution in [0, 0.1) is 0 Å². The van der Waals surface area contributed by atoms with Gasteiger partial charge in [-0.3, -0.25) is 0 Å². The van der Waals surface area contributed by atoms with Crippen molar-refractivity contribution in [3.05, 3.63) is 65.7 Å². The van der Waals surface area contributed by atoms with E-state index < -0.39 is 6.10 Å². The van der Waals surface area contributed by atoms with E-state index in [0.29, 0.717) is 6.61 Å². The van der Waals surface area contributed by atoms with Crippen LogP contribution in [0.25, 0.3) is 0 Å². The van der Waals surface area contributed by atoms with Gasteiger partial charge in [-0.05, 0) is 56.1 Å². The SMILES string of the molecule is CCOc1ccc([C@H](O)[C@H](CN2CCCC2)c2ccccc2)cc1. The highest BCUT2D eigenvalue weighted by atomic mass is 16.5. The predicted molar refractivity (Wildman–Crippen MR) is 97.4 cm³/mol. The average molecular weight is 325 g/mol. The second-order valence-electron chi connectivity index (χ2n) is 6.47. The minimum absolute atomic E-state index is 0.0854. The van der Waals surface area contributed by atoms with Gasteiger partial charge in [-0.2, -0.15) is 0 Å². The zero-order valence-corrected chi connectivity index (χ0v) is 14.4. The maximum Gasteiger partial charge on any atom is 0.119 e. The normalized spacial score (nSPS) is 17.6. The van der Waals surface area contributed by atoms with E-state index in [4.69, 9.17) is 4.74 Å². The van der Waals surface area contributed by atoms with Gasteiger partial charge in [-0.25, -0.2) is 0 Å². The third-order valence-corrected chi connectivity index (χ3v) is 4.80. The van der Waals surface area contributed by atoms with Gasteiger partial charge in [0.15, 0.2) is 0 Å². The summed E-state index contributed by atoms with van der Waals surface area (Å²) in [4.78, 5) is 2.47. The van der Waals surface area contributed by atoms with Crippen LogP contribution in [0.2, 0.25) is 0 Å². The molecule has 0 aromatic heterocycles. The summed E-state index contributed by atoms with van der Waals surface area (Å²) >= 11 is 0. The summed E-state index contributed by atoms with van der Waals surface area (Å²) in [5.41, 5.74) is 2.15. The first kappa shape index (κ1) is 17.0. The number of rotatable bonds is 7. The first-order valence-electron chi connectivity index (χ1n) is 8.96. The number of hydrogen-bond acceptors (Lipinski definition) is 3. The molecule has 0 aliphatic carbocycles. The summed E-state index contributed by atoms with van der Waals surface area (Å²) in [6.07, 6.45) is 2.02. The molecule has 24 heavy (non-hydrogen) atoms. The van der Waals surface area contributed by atoms with Crippen molar-refractivity contribution in [1.82, 2.24) is 4.90 Å². The van der Waals surface area contributed by atoms with E-state index in [1.807, 2.05) is 37.3 Å². The van der Waals surface area contributed by atoms with Gasteiger partial charge in [0.2, 0.25) is 0 Å². The zero-order valence-electron chi connectivity index (χ0n) is 14.4. The number of hydrogen-bond donors (Lipinski definition) is 1. The molecule has 2 atom stereocenters. The number of aliphatic hydroxyl groups excluding tert-OH is 1. The van der Waals surface area contributed by atoms with E-state index in [2.05, 4.69) is 29.2 Å². The first-order valence-corrected chi connectivity index (χ1v) is 8.96. The molecule has 1 aliphatic heterocycles. The monoisotopic (exact) mass is 325 g/mol. The third-order valence-electron chi connectivity index (χ3n) is 4.80. The Bertz CT molecular complexity index is 605. The Morgan fingerprint density at radius 2 is 1.62 bits per heavy atom. The molecule has 0 radical (unpaired) electrons. The number of benzene rings is 2. The minimum atomic E-state index is -0.510. The van der Waals surface area contributed by atoms with Crippen molar-refractivity contribution >= 4 is 0 Å². The number of ether oxygens (including phenoxy) is 1. The fraction of sp³-hybridized carbons (Fsp3) is 0.429. The van der Waals surface area contributed by atoms with Gasteiger partial charge in [-0.1, -0.05) is 42.5 Å². The van der Waals surface area contributed by atoms with E-state index in [1.165, 1.54) is 18.4 Å². The Kier molecular flexibility index (Phi) is 5.89. The quantitative estimate of drug-likeness (QED) is 0.835. The molecule has 0 amide bonds. The maximum atomic E-state index is 11.0. The van der Waals surface area contributed by atoms with Crippen LogP contribution >= 0.6 is 0 Å². The first-order chi connectivity index (χ1) is 11.8. The lowest BCUT2D eigenvalue weighted by Gasteiger charge is -2.28. The molecule has 1 aliphatic rings. The van der Waals surface area contributed by atoms with Gasteiger partial charge in [0.25, 0.3) is 0 Å². The molecule has 2 aromatic rings. The van der Waals surface area contributed by atoms with Crippen molar-refractivity contribution in [2.75, 3.05) is 26.2 Å². The van der Waals surface area contributed by atoms with E-state index in [-0.39, 0.29) is 5.92 Å². The Morgan fingerprint density at radius 1 is 0.958 bits per heavy atom. The number of likely N-dealkylation sites (tertiary alicyclic amines) is 1. The van der Waals surface area contributed by atoms with Crippen LogP contribution in [0.5, 0.6) is 5.75 Å². The summed E-state index contributed by atoms with van der Waals surface area (Å²) in [6.45, 7) is 5.81. The molecule has 3 heteroatoms. The highest BCUT2D eigenvalue weighted by Crippen LogP contribution is 2.33. The maximum absolute atomic E-state index is 11.0. The van der Waals surface area contributed by atoms with E-state index in [9.17, 15) is 5.11 Å². The molecule has 3 rings (SSSR count). The number of aliphatic hydroxyl groups is 1. The summed E-state index contributed by atoms with van der Waals surface area (Å²) < 4.78 is 5.50. The number of nitrogens with zero attached hydrogens (tertiary/aromatic N) is 1. The van der Waals surface area contributed by atoms with Crippen LogP contribution in [-0.4, -0.2) is 36.2 Å². The lowest BCUT2D eigenvalue weighted by atomic mass is 9.88. The molecule has 0 unspecified atom stereocenters. The van der Waals surface area contributed by atoms with Crippen LogP contribution in [0.15, 0.2) is 54.6 Å². The Labute approximate surface area is 144 Å². The molecule has 128 valence electrons. The second kappa shape index (κ2) is 8.32. The standard InChI is InChI=1S/C21H27NO2/c1-2-24-19-12-10-18(11-13-19)21(23)20(16-22-14-6-7-15-22)17-8-4-3-5-9-17/h3-5,8-13,20-21,23H,2,6-7,14-16H2,1H3/t20-,21+/m1/s1. The van der Waals surface area contributed by atoms with Gasteiger partial charge in [-0.15, -0.1) is 0 Å². The van der Waals surface area contributed by atoms with Crippen LogP contribution in [0.4, 0.5) is 0 Å². The molecule has 0 bridgehead atoms. The molecule has 1 saturated heterocycles. The molecular weight excluding hydrogens is 298 g/mol. The predicted octanol–water partition coefficient (Wildman–Crippen LogP) is 4.00. The molecule has 1 N–H and O–H groups in total. The van der Waals surface area contributed by atoms with E-state index in [0.717, 1.165) is 30.9 Å². The third kappa shape index (κ3) is 4.16. The Balaban J connectivity index is 1.80. The van der Waals surface area contributed by atoms with Crippen LogP contribution in [-0.2, 0) is 0 Å². The largest absolute Gasteiger partial charge is 0.494 e. The highest BCUT2D eigenvalue weighted by Gasteiger charge is 2.26. The molecule has 0 saturated carbocycles. The summed E-state index contributed by atoms with van der Waals surface area (Å²) in [5.74, 6) is 0.937. The molecule has 1 fully saturated rings. The van der Waals surface area contributed by atoms with Crippen molar-refractivity contribution in [2.24, 2.45) is 0 Å². The molecule has 3 nitrogen and oxygen atoms in total. The highest BCUT2D eigenvalue weighted by molar-refractivity contribution is 5.32. The summed E-state index contributed by atoms with van der Waals surface area (Å²) in [7, 11) is 0. The van der Waals surface area contributed by atoms with Gasteiger partial charge in [0, 0.05) is 12.5 Å². The van der Waals surface area contributed by atoms with Gasteiger partial charge >= 0.3 is 0 Å². The molecule has 0 spiro atoms. The van der Waals surface area contributed by atoms with E-state index in [1.54, 1.807) is 0 Å². The molecule has 1 heterocycles. The summed E-state index contributed by atoms with van der Waals surface area (Å²) in [6, 6.07) is 18.2. The minimum Gasteiger partial charge on any atom is -0.494 e. The fourth-order valence-corrected chi connectivity index (χ4v) is 3.49. The van der Waals surface area contributed by atoms with Crippen molar-refractivity contribution in [2.45, 2.75) is 31.8 Å².